The van der Waals surface area contributed by atoms with Crippen molar-refractivity contribution in [2.45, 2.75) is 105 Å². The van der Waals surface area contributed by atoms with Gasteiger partial charge in [0.1, 0.15) is 0 Å². The van der Waals surface area contributed by atoms with Gasteiger partial charge in [-0.05, 0) is 85.9 Å². The molecule has 5 N–H and O–H groups in total. The molecular weight excluding hydrogens is 456 g/mol. The number of fused-ring (bicyclic) bond motifs is 5. The molecule has 206 valence electrons. The van der Waals surface area contributed by atoms with E-state index in [1.165, 1.54) is 5.57 Å². The number of carboxylic acids is 1. The molecule has 0 aromatic rings. The van der Waals surface area contributed by atoms with Crippen LogP contribution < -0.4 is 0 Å². The van der Waals surface area contributed by atoms with Crippen LogP contribution in [0.4, 0.5) is 0 Å². The molecule has 0 radical (unpaired) electrons. The maximum Gasteiger partial charge on any atom is 0.306 e. The predicted octanol–water partition coefficient (Wildman–Crippen LogP) is 4.40. The molecule has 4 aliphatic rings. The Morgan fingerprint density at radius 2 is 1.75 bits per heavy atom. The van der Waals surface area contributed by atoms with E-state index in [1.54, 1.807) is 0 Å². The Kier molecular flexibility index (Phi) is 7.53. The van der Waals surface area contributed by atoms with Crippen LogP contribution in [0.1, 0.15) is 92.4 Å². The molecule has 1 unspecified atom stereocenters. The summed E-state index contributed by atoms with van der Waals surface area (Å²) in [7, 11) is 0. The topological polar surface area (TPSA) is 118 Å². The highest BCUT2D eigenvalue weighted by atomic mass is 16.4. The first-order valence-corrected chi connectivity index (χ1v) is 14.3. The van der Waals surface area contributed by atoms with Gasteiger partial charge in [-0.15, -0.1) is 0 Å². The van der Waals surface area contributed by atoms with E-state index < -0.39 is 29.5 Å². The lowest BCUT2D eigenvalue weighted by atomic mass is 9.40. The minimum atomic E-state index is -0.783. The highest BCUT2D eigenvalue weighted by Crippen LogP contribution is 2.73. The van der Waals surface area contributed by atoms with Crippen molar-refractivity contribution in [3.05, 3.63) is 11.6 Å². The Morgan fingerprint density at radius 3 is 2.36 bits per heavy atom. The van der Waals surface area contributed by atoms with E-state index in [0.29, 0.717) is 18.8 Å². The number of aliphatic hydroxyl groups is 4. The lowest BCUT2D eigenvalue weighted by molar-refractivity contribution is -0.172. The summed E-state index contributed by atoms with van der Waals surface area (Å²) < 4.78 is 0. The molecule has 6 nitrogen and oxygen atoms in total. The number of allylic oxidation sites excluding steroid dienone is 1. The van der Waals surface area contributed by atoms with Crippen molar-refractivity contribution in [2.24, 2.45) is 51.2 Å². The Balaban J connectivity index is 1.67. The smallest absolute Gasteiger partial charge is 0.306 e. The fourth-order valence-electron chi connectivity index (χ4n) is 10.0. The van der Waals surface area contributed by atoms with E-state index in [-0.39, 0.29) is 47.2 Å². The summed E-state index contributed by atoms with van der Waals surface area (Å²) >= 11 is 0. The summed E-state index contributed by atoms with van der Waals surface area (Å²) in [5, 5.41) is 52.4. The Hall–Kier alpha value is -0.950. The number of aliphatic carboxylic acids is 1. The molecule has 0 aliphatic heterocycles. The molecule has 3 fully saturated rings. The van der Waals surface area contributed by atoms with Crippen molar-refractivity contribution < 1.29 is 30.3 Å². The third-order valence-electron chi connectivity index (χ3n) is 12.1. The SMILES string of the molecule is CC(CO)CCC[C@@H](C(=O)O)[C@H]1CC[C@@]2(CO)[C@@H]3CC=C4C(C)(C)[C@@H](O)[C@@H](O)C[C@]4(C)[C@H]3CC[C@]12C. The molecule has 0 aromatic heterocycles. The minimum absolute atomic E-state index is 0.0286. The van der Waals surface area contributed by atoms with Gasteiger partial charge in [0, 0.05) is 24.0 Å². The molecule has 0 saturated heterocycles. The van der Waals surface area contributed by atoms with Crippen LogP contribution in [0.5, 0.6) is 0 Å². The molecule has 4 aliphatic carbocycles. The number of carboxylic acid groups (broad SMARTS) is 1. The number of hydrogen-bond acceptors (Lipinski definition) is 5. The summed E-state index contributed by atoms with van der Waals surface area (Å²) in [5.41, 5.74) is -0.0643. The molecule has 4 rings (SSSR count). The number of rotatable bonds is 8. The number of hydrogen-bond donors (Lipinski definition) is 5. The average Bonchev–Trinajstić information content (AvgIpc) is 3.13. The Labute approximate surface area is 217 Å². The van der Waals surface area contributed by atoms with Crippen molar-refractivity contribution in [1.82, 2.24) is 0 Å². The van der Waals surface area contributed by atoms with Crippen molar-refractivity contribution in [2.75, 3.05) is 13.2 Å². The normalized spacial score (nSPS) is 45.1. The van der Waals surface area contributed by atoms with E-state index in [2.05, 4.69) is 19.9 Å². The average molecular weight is 507 g/mol. The van der Waals surface area contributed by atoms with E-state index in [9.17, 15) is 30.3 Å². The second-order valence-corrected chi connectivity index (χ2v) is 14.0. The van der Waals surface area contributed by atoms with Crippen LogP contribution in [0.25, 0.3) is 0 Å². The highest BCUT2D eigenvalue weighted by Gasteiger charge is 2.69. The van der Waals surface area contributed by atoms with Crippen molar-refractivity contribution in [1.29, 1.82) is 0 Å². The first kappa shape index (κ1) is 28.1. The third-order valence-corrected chi connectivity index (χ3v) is 12.1. The second-order valence-electron chi connectivity index (χ2n) is 14.0. The second kappa shape index (κ2) is 9.66. The fourth-order valence-corrected chi connectivity index (χ4v) is 10.0. The maximum absolute atomic E-state index is 12.5. The van der Waals surface area contributed by atoms with Gasteiger partial charge in [-0.25, -0.2) is 0 Å². The largest absolute Gasteiger partial charge is 0.481 e. The van der Waals surface area contributed by atoms with Crippen LogP contribution in [-0.2, 0) is 4.79 Å². The zero-order valence-corrected chi connectivity index (χ0v) is 23.0. The summed E-state index contributed by atoms with van der Waals surface area (Å²) in [6.07, 6.45) is 7.89. The summed E-state index contributed by atoms with van der Waals surface area (Å²) in [4.78, 5) is 12.5. The van der Waals surface area contributed by atoms with Crippen LogP contribution in [0.2, 0.25) is 0 Å². The van der Waals surface area contributed by atoms with Gasteiger partial charge in [-0.2, -0.15) is 0 Å². The van der Waals surface area contributed by atoms with Crippen molar-refractivity contribution in [3.8, 4) is 0 Å². The minimum Gasteiger partial charge on any atom is -0.481 e. The van der Waals surface area contributed by atoms with Gasteiger partial charge in [0.15, 0.2) is 0 Å². The highest BCUT2D eigenvalue weighted by molar-refractivity contribution is 5.70. The quantitative estimate of drug-likeness (QED) is 0.312. The van der Waals surface area contributed by atoms with Gasteiger partial charge in [-0.1, -0.05) is 52.7 Å². The number of aliphatic hydroxyl groups excluding tert-OH is 4. The predicted molar refractivity (Wildman–Crippen MR) is 139 cm³/mol. The zero-order valence-electron chi connectivity index (χ0n) is 23.0. The van der Waals surface area contributed by atoms with Gasteiger partial charge in [0.25, 0.3) is 0 Å². The molecular formula is C30H50O6. The standard InChI is InChI=1S/C30H50O6/c1-18(16-31)7-6-8-19(26(35)36)20-12-14-30(17-32)22-9-10-24-27(2,3)25(34)23(33)15-28(24,4)21(22)11-13-29(20,30)5/h10,18-23,25,31-34H,6-9,11-17H2,1-5H3,(H,35,36)/t18?,19-,20-,21+,22-,23+,25+,28-,29-,30-/m1/s1. The van der Waals surface area contributed by atoms with Crippen molar-refractivity contribution in [3.63, 3.8) is 0 Å². The molecule has 36 heavy (non-hydrogen) atoms. The van der Waals surface area contributed by atoms with E-state index in [0.717, 1.165) is 44.9 Å². The third kappa shape index (κ3) is 3.92. The van der Waals surface area contributed by atoms with Crippen LogP contribution in [-0.4, -0.2) is 56.9 Å². The summed E-state index contributed by atoms with van der Waals surface area (Å²) in [6.45, 7) is 10.8. The van der Waals surface area contributed by atoms with Crippen LogP contribution in [0.3, 0.4) is 0 Å². The Morgan fingerprint density at radius 1 is 1.06 bits per heavy atom. The van der Waals surface area contributed by atoms with Gasteiger partial charge in [0.05, 0.1) is 18.1 Å². The molecule has 0 amide bonds. The molecule has 0 heterocycles. The summed E-state index contributed by atoms with van der Waals surface area (Å²) in [5.74, 6) is -0.405. The van der Waals surface area contributed by atoms with E-state index in [1.807, 2.05) is 20.8 Å². The van der Waals surface area contributed by atoms with E-state index in [4.69, 9.17) is 0 Å². The van der Waals surface area contributed by atoms with Gasteiger partial charge >= 0.3 is 5.97 Å². The zero-order chi connectivity index (χ0) is 26.7. The van der Waals surface area contributed by atoms with Crippen molar-refractivity contribution >= 4 is 5.97 Å². The lowest BCUT2D eigenvalue weighted by Gasteiger charge is -2.65. The summed E-state index contributed by atoms with van der Waals surface area (Å²) in [6, 6.07) is 0. The maximum atomic E-state index is 12.5. The van der Waals surface area contributed by atoms with Crippen LogP contribution >= 0.6 is 0 Å². The first-order valence-electron chi connectivity index (χ1n) is 14.3. The monoisotopic (exact) mass is 506 g/mol. The molecule has 3 saturated carbocycles. The van der Waals surface area contributed by atoms with Crippen LogP contribution in [0.15, 0.2) is 11.6 Å². The van der Waals surface area contributed by atoms with E-state index >= 15 is 0 Å². The molecule has 6 heteroatoms. The Bertz CT molecular complexity index is 868. The van der Waals surface area contributed by atoms with Gasteiger partial charge < -0.3 is 25.5 Å². The lowest BCUT2D eigenvalue weighted by Crippen LogP contribution is -2.62. The fraction of sp³-hybridized carbons (Fsp3) is 0.900. The number of carbonyl (C=O) groups is 1. The molecule has 10 atom stereocenters. The molecule has 0 aromatic carbocycles. The molecule has 0 bridgehead atoms. The van der Waals surface area contributed by atoms with Gasteiger partial charge in [-0.3, -0.25) is 4.79 Å². The van der Waals surface area contributed by atoms with Gasteiger partial charge in [0.2, 0.25) is 0 Å². The van der Waals surface area contributed by atoms with Crippen LogP contribution in [0, 0.1) is 51.2 Å². The molecule has 0 spiro atoms. The first-order chi connectivity index (χ1) is 16.8.